The lowest BCUT2D eigenvalue weighted by Crippen LogP contribution is -2.32. The molecular weight excluding hydrogens is 416 g/mol. The van der Waals surface area contributed by atoms with Gasteiger partial charge in [0, 0.05) is 29.7 Å². The van der Waals surface area contributed by atoms with E-state index in [0.29, 0.717) is 34.3 Å². The van der Waals surface area contributed by atoms with E-state index in [4.69, 9.17) is 21.1 Å². The molecule has 0 fully saturated rings. The number of anilines is 2. The van der Waals surface area contributed by atoms with E-state index in [9.17, 15) is 13.2 Å². The summed E-state index contributed by atoms with van der Waals surface area (Å²) in [6, 6.07) is 10.1. The van der Waals surface area contributed by atoms with Crippen LogP contribution >= 0.6 is 11.6 Å². The molecule has 0 aliphatic carbocycles. The van der Waals surface area contributed by atoms with Crippen molar-refractivity contribution in [3.8, 4) is 11.5 Å². The number of carbonyl (C=O) groups is 1. The van der Waals surface area contributed by atoms with Crippen molar-refractivity contribution in [3.63, 3.8) is 0 Å². The van der Waals surface area contributed by atoms with Gasteiger partial charge in [-0.15, -0.1) is 0 Å². The Morgan fingerprint density at radius 3 is 2.41 bits per heavy atom. The molecule has 158 valence electrons. The van der Waals surface area contributed by atoms with Crippen molar-refractivity contribution in [1.82, 2.24) is 0 Å². The maximum Gasteiger partial charge on any atom is 0.232 e. The summed E-state index contributed by atoms with van der Waals surface area (Å²) in [5.41, 5.74) is 1.87. The van der Waals surface area contributed by atoms with Crippen LogP contribution in [0.3, 0.4) is 0 Å². The van der Waals surface area contributed by atoms with E-state index >= 15 is 0 Å². The molecule has 0 spiro atoms. The van der Waals surface area contributed by atoms with Crippen LogP contribution in [0.15, 0.2) is 36.4 Å². The second kappa shape index (κ2) is 9.84. The van der Waals surface area contributed by atoms with Gasteiger partial charge >= 0.3 is 0 Å². The third-order valence-corrected chi connectivity index (χ3v) is 5.69. The number of halogens is 1. The van der Waals surface area contributed by atoms with E-state index in [2.05, 4.69) is 5.32 Å². The van der Waals surface area contributed by atoms with E-state index in [1.54, 1.807) is 36.4 Å². The van der Waals surface area contributed by atoms with Gasteiger partial charge in [0.1, 0.15) is 0 Å². The highest BCUT2D eigenvalue weighted by Crippen LogP contribution is 2.30. The minimum atomic E-state index is -3.52. The number of hydrogen-bond donors (Lipinski definition) is 1. The minimum Gasteiger partial charge on any atom is -0.493 e. The zero-order valence-electron chi connectivity index (χ0n) is 16.9. The fraction of sp³-hybridized carbons (Fsp3) is 0.350. The molecule has 0 saturated heterocycles. The maximum absolute atomic E-state index is 12.3. The monoisotopic (exact) mass is 440 g/mol. The smallest absolute Gasteiger partial charge is 0.232 e. The Hall–Kier alpha value is -2.45. The lowest BCUT2D eigenvalue weighted by atomic mass is 10.2. The largest absolute Gasteiger partial charge is 0.493 e. The number of benzene rings is 2. The Morgan fingerprint density at radius 2 is 1.79 bits per heavy atom. The molecule has 29 heavy (non-hydrogen) atoms. The third-order valence-electron chi connectivity index (χ3n) is 4.27. The normalized spacial score (nSPS) is 11.1. The molecule has 0 radical (unpaired) electrons. The lowest BCUT2D eigenvalue weighted by molar-refractivity contribution is -0.116. The van der Waals surface area contributed by atoms with Crippen LogP contribution in [0.2, 0.25) is 5.02 Å². The van der Waals surface area contributed by atoms with Crippen LogP contribution < -0.4 is 19.1 Å². The van der Waals surface area contributed by atoms with Gasteiger partial charge in [-0.1, -0.05) is 17.7 Å². The maximum atomic E-state index is 12.3. The lowest BCUT2D eigenvalue weighted by Gasteiger charge is -2.24. The number of ether oxygens (including phenoxy) is 2. The first-order valence-corrected chi connectivity index (χ1v) is 11.1. The van der Waals surface area contributed by atoms with Crippen LogP contribution in [0.25, 0.3) is 0 Å². The molecule has 0 bridgehead atoms. The van der Waals surface area contributed by atoms with Gasteiger partial charge in [-0.25, -0.2) is 8.42 Å². The van der Waals surface area contributed by atoms with Crippen molar-refractivity contribution in [3.05, 3.63) is 47.0 Å². The van der Waals surface area contributed by atoms with Crippen LogP contribution in [0.5, 0.6) is 11.5 Å². The standard InChI is InChI=1S/C20H25ClN2O5S/c1-14-7-8-15(21)12-17(14)23(29(4,25)26)11-5-6-20(24)22-16-9-10-18(27-2)19(13-16)28-3/h7-10,12-13H,5-6,11H2,1-4H3,(H,22,24). The summed E-state index contributed by atoms with van der Waals surface area (Å²) >= 11 is 6.03. The van der Waals surface area contributed by atoms with E-state index < -0.39 is 10.0 Å². The molecule has 0 heterocycles. The van der Waals surface area contributed by atoms with Gasteiger partial charge in [-0.3, -0.25) is 9.10 Å². The first-order valence-electron chi connectivity index (χ1n) is 8.91. The number of sulfonamides is 1. The van der Waals surface area contributed by atoms with Gasteiger partial charge in [0.25, 0.3) is 0 Å². The van der Waals surface area contributed by atoms with Gasteiger partial charge in [0.2, 0.25) is 15.9 Å². The number of amides is 1. The van der Waals surface area contributed by atoms with Crippen molar-refractivity contribution in [2.45, 2.75) is 19.8 Å². The van der Waals surface area contributed by atoms with Crippen LogP contribution in [-0.4, -0.2) is 41.3 Å². The molecule has 9 heteroatoms. The second-order valence-corrected chi connectivity index (χ2v) is 8.83. The molecule has 0 aromatic heterocycles. The molecule has 0 saturated carbocycles. The number of methoxy groups -OCH3 is 2. The highest BCUT2D eigenvalue weighted by Gasteiger charge is 2.20. The first-order chi connectivity index (χ1) is 13.7. The third kappa shape index (κ3) is 6.27. The number of nitrogens with one attached hydrogen (secondary N) is 1. The Morgan fingerprint density at radius 1 is 1.10 bits per heavy atom. The van der Waals surface area contributed by atoms with Gasteiger partial charge in [0.05, 0.1) is 26.2 Å². The Kier molecular flexibility index (Phi) is 7.75. The highest BCUT2D eigenvalue weighted by molar-refractivity contribution is 7.92. The Bertz CT molecular complexity index is 979. The van der Waals surface area contributed by atoms with E-state index in [1.807, 2.05) is 6.92 Å². The Labute approximate surface area is 176 Å². The quantitative estimate of drug-likeness (QED) is 0.640. The minimum absolute atomic E-state index is 0.153. The zero-order chi connectivity index (χ0) is 21.6. The molecular formula is C20H25ClN2O5S. The van der Waals surface area contributed by atoms with Crippen LogP contribution in [0.4, 0.5) is 11.4 Å². The molecule has 1 amide bonds. The SMILES string of the molecule is COc1ccc(NC(=O)CCCN(c2cc(Cl)ccc2C)S(C)(=O)=O)cc1OC. The van der Waals surface area contributed by atoms with Crippen molar-refractivity contribution < 1.29 is 22.7 Å². The summed E-state index contributed by atoms with van der Waals surface area (Å²) in [4.78, 5) is 12.3. The van der Waals surface area contributed by atoms with Crippen molar-refractivity contribution in [2.24, 2.45) is 0 Å². The topological polar surface area (TPSA) is 84.9 Å². The molecule has 0 aliphatic heterocycles. The number of aryl methyl sites for hydroxylation is 1. The first kappa shape index (κ1) is 22.8. The number of rotatable bonds is 9. The predicted molar refractivity (Wildman–Crippen MR) is 116 cm³/mol. The molecule has 2 rings (SSSR count). The summed E-state index contributed by atoms with van der Waals surface area (Å²) in [7, 11) is -0.470. The summed E-state index contributed by atoms with van der Waals surface area (Å²) in [6.45, 7) is 1.98. The van der Waals surface area contributed by atoms with Crippen molar-refractivity contribution in [2.75, 3.05) is 36.6 Å². The van der Waals surface area contributed by atoms with Crippen LogP contribution in [-0.2, 0) is 14.8 Å². The second-order valence-electron chi connectivity index (χ2n) is 6.49. The number of hydrogen-bond acceptors (Lipinski definition) is 5. The Balaban J connectivity index is 2.02. The van der Waals surface area contributed by atoms with E-state index in [1.165, 1.54) is 18.5 Å². The summed E-state index contributed by atoms with van der Waals surface area (Å²) in [6.07, 6.45) is 1.63. The van der Waals surface area contributed by atoms with Gasteiger partial charge < -0.3 is 14.8 Å². The number of nitrogens with zero attached hydrogens (tertiary/aromatic N) is 1. The van der Waals surface area contributed by atoms with Crippen LogP contribution in [0, 0.1) is 6.92 Å². The zero-order valence-corrected chi connectivity index (χ0v) is 18.4. The van der Waals surface area contributed by atoms with E-state index in [0.717, 1.165) is 11.8 Å². The number of carbonyl (C=O) groups excluding carboxylic acids is 1. The summed E-state index contributed by atoms with van der Waals surface area (Å²) in [5.74, 6) is 0.838. The fourth-order valence-electron chi connectivity index (χ4n) is 2.84. The predicted octanol–water partition coefficient (Wildman–Crippen LogP) is 3.85. The van der Waals surface area contributed by atoms with Gasteiger partial charge in [-0.05, 0) is 43.2 Å². The van der Waals surface area contributed by atoms with Crippen molar-refractivity contribution in [1.29, 1.82) is 0 Å². The fourth-order valence-corrected chi connectivity index (χ4v) is 4.02. The molecule has 2 aromatic rings. The van der Waals surface area contributed by atoms with Crippen molar-refractivity contribution >= 4 is 38.9 Å². The average Bonchev–Trinajstić information content (AvgIpc) is 2.66. The van der Waals surface area contributed by atoms with Gasteiger partial charge in [-0.2, -0.15) is 0 Å². The highest BCUT2D eigenvalue weighted by atomic mass is 35.5. The van der Waals surface area contributed by atoms with E-state index in [-0.39, 0.29) is 18.9 Å². The molecule has 0 unspecified atom stereocenters. The molecule has 1 N–H and O–H groups in total. The summed E-state index contributed by atoms with van der Waals surface area (Å²) in [5, 5.41) is 3.23. The molecule has 2 aromatic carbocycles. The molecule has 7 nitrogen and oxygen atoms in total. The average molecular weight is 441 g/mol. The van der Waals surface area contributed by atoms with Gasteiger partial charge in [0.15, 0.2) is 11.5 Å². The summed E-state index contributed by atoms with van der Waals surface area (Å²) < 4.78 is 36.2. The molecule has 0 aliphatic rings. The van der Waals surface area contributed by atoms with Crippen LogP contribution in [0.1, 0.15) is 18.4 Å². The molecule has 0 atom stereocenters.